The Bertz CT molecular complexity index is 655. The summed E-state index contributed by atoms with van der Waals surface area (Å²) in [6.45, 7) is 1.28. The molecule has 1 saturated heterocycles. The van der Waals surface area contributed by atoms with Crippen LogP contribution in [0.15, 0.2) is 48.8 Å². The van der Waals surface area contributed by atoms with Crippen molar-refractivity contribution in [2.75, 3.05) is 23.3 Å². The Labute approximate surface area is 121 Å². The van der Waals surface area contributed by atoms with Gasteiger partial charge in [0.2, 0.25) is 0 Å². The fraction of sp³-hybridized carbons (Fsp3) is 0.133. The van der Waals surface area contributed by atoms with Gasteiger partial charge in [0.05, 0.1) is 11.9 Å². The van der Waals surface area contributed by atoms with Gasteiger partial charge in [0.1, 0.15) is 0 Å². The first-order valence-electron chi connectivity index (χ1n) is 6.61. The normalized spacial score (nSPS) is 13.9. The molecule has 0 radical (unpaired) electrons. The monoisotopic (exact) mass is 282 g/mol. The van der Waals surface area contributed by atoms with Gasteiger partial charge in [0.15, 0.2) is 0 Å². The third kappa shape index (κ3) is 2.84. The molecule has 0 bridgehead atoms. The van der Waals surface area contributed by atoms with Crippen LogP contribution in [0.1, 0.15) is 10.4 Å². The number of hydrogen-bond acceptors (Lipinski definition) is 3. The second-order valence-electron chi connectivity index (χ2n) is 4.63. The summed E-state index contributed by atoms with van der Waals surface area (Å²) in [7, 11) is 0. The first-order valence-corrected chi connectivity index (χ1v) is 6.61. The van der Waals surface area contributed by atoms with Crippen molar-refractivity contribution in [3.63, 3.8) is 0 Å². The van der Waals surface area contributed by atoms with Crippen molar-refractivity contribution in [1.29, 1.82) is 0 Å². The van der Waals surface area contributed by atoms with E-state index in [-0.39, 0.29) is 11.9 Å². The van der Waals surface area contributed by atoms with Crippen molar-refractivity contribution in [3.05, 3.63) is 54.4 Å². The molecule has 6 heteroatoms. The van der Waals surface area contributed by atoms with Crippen LogP contribution >= 0.6 is 0 Å². The van der Waals surface area contributed by atoms with Crippen LogP contribution < -0.4 is 15.5 Å². The molecular weight excluding hydrogens is 268 g/mol. The van der Waals surface area contributed by atoms with Crippen LogP contribution in [0.5, 0.6) is 0 Å². The molecule has 1 aromatic carbocycles. The zero-order valence-corrected chi connectivity index (χ0v) is 11.2. The van der Waals surface area contributed by atoms with Crippen LogP contribution in [0.4, 0.5) is 16.2 Å². The predicted molar refractivity (Wildman–Crippen MR) is 79.4 cm³/mol. The summed E-state index contributed by atoms with van der Waals surface area (Å²) in [6, 6.07) is 10.4. The van der Waals surface area contributed by atoms with E-state index in [9.17, 15) is 9.59 Å². The molecule has 6 nitrogen and oxygen atoms in total. The number of nitrogens with one attached hydrogen (secondary N) is 2. The maximum absolute atomic E-state index is 12.1. The highest BCUT2D eigenvalue weighted by atomic mass is 16.2. The topological polar surface area (TPSA) is 74.3 Å². The van der Waals surface area contributed by atoms with Gasteiger partial charge in [-0.1, -0.05) is 0 Å². The lowest BCUT2D eigenvalue weighted by Gasteiger charge is -2.14. The first-order chi connectivity index (χ1) is 10.2. The summed E-state index contributed by atoms with van der Waals surface area (Å²) < 4.78 is 0. The summed E-state index contributed by atoms with van der Waals surface area (Å²) in [6.07, 6.45) is 3.23. The van der Waals surface area contributed by atoms with E-state index in [1.165, 1.54) is 0 Å². The van der Waals surface area contributed by atoms with E-state index in [1.54, 1.807) is 53.7 Å². The fourth-order valence-corrected chi connectivity index (χ4v) is 2.15. The molecule has 3 amide bonds. The van der Waals surface area contributed by atoms with Crippen molar-refractivity contribution >= 4 is 23.3 Å². The van der Waals surface area contributed by atoms with Gasteiger partial charge in [0, 0.05) is 30.5 Å². The van der Waals surface area contributed by atoms with E-state index < -0.39 is 0 Å². The molecule has 1 aliphatic rings. The van der Waals surface area contributed by atoms with Gasteiger partial charge in [0.25, 0.3) is 5.91 Å². The Morgan fingerprint density at radius 1 is 1.24 bits per heavy atom. The summed E-state index contributed by atoms with van der Waals surface area (Å²) in [4.78, 5) is 29.2. The Balaban J connectivity index is 1.72. The lowest BCUT2D eigenvalue weighted by Crippen LogP contribution is -2.27. The highest BCUT2D eigenvalue weighted by Gasteiger charge is 2.21. The number of amides is 3. The number of hydrogen-bond donors (Lipinski definition) is 2. The minimum atomic E-state index is -0.208. The molecular formula is C15H14N4O2. The fourth-order valence-electron chi connectivity index (χ4n) is 2.15. The zero-order valence-electron chi connectivity index (χ0n) is 11.2. The van der Waals surface area contributed by atoms with Gasteiger partial charge in [-0.25, -0.2) is 4.79 Å². The first kappa shape index (κ1) is 13.1. The SMILES string of the molecule is O=C(Nc1cccnc1)c1ccc(N2CCNC2=O)cc1. The number of anilines is 2. The molecule has 0 saturated carbocycles. The summed E-state index contributed by atoms with van der Waals surface area (Å²) in [5, 5.41) is 5.50. The van der Waals surface area contributed by atoms with Gasteiger partial charge >= 0.3 is 6.03 Å². The van der Waals surface area contributed by atoms with Crippen LogP contribution in [0.2, 0.25) is 0 Å². The molecule has 106 valence electrons. The number of pyridine rings is 1. The number of benzene rings is 1. The standard InChI is InChI=1S/C15H14N4O2/c20-14(18-12-2-1-7-16-10-12)11-3-5-13(6-4-11)19-9-8-17-15(19)21/h1-7,10H,8-9H2,(H,17,21)(H,18,20). The van der Waals surface area contributed by atoms with E-state index in [0.717, 1.165) is 5.69 Å². The Hall–Kier alpha value is -2.89. The van der Waals surface area contributed by atoms with Gasteiger partial charge in [-0.3, -0.25) is 14.7 Å². The second-order valence-corrected chi connectivity index (χ2v) is 4.63. The molecule has 2 heterocycles. The number of carbonyl (C=O) groups is 2. The summed E-state index contributed by atoms with van der Waals surface area (Å²) >= 11 is 0. The molecule has 21 heavy (non-hydrogen) atoms. The minimum Gasteiger partial charge on any atom is -0.336 e. The maximum Gasteiger partial charge on any atom is 0.321 e. The molecule has 0 atom stereocenters. The molecule has 1 aromatic heterocycles. The minimum absolute atomic E-state index is 0.109. The number of aromatic nitrogens is 1. The third-order valence-corrected chi connectivity index (χ3v) is 3.22. The average Bonchev–Trinajstić information content (AvgIpc) is 2.94. The van der Waals surface area contributed by atoms with Gasteiger partial charge in [-0.05, 0) is 36.4 Å². The van der Waals surface area contributed by atoms with E-state index in [1.807, 2.05) is 0 Å². The average molecular weight is 282 g/mol. The quantitative estimate of drug-likeness (QED) is 0.902. The lowest BCUT2D eigenvalue weighted by molar-refractivity contribution is 0.102. The van der Waals surface area contributed by atoms with Crippen LogP contribution in [0.3, 0.4) is 0 Å². The van der Waals surface area contributed by atoms with Gasteiger partial charge in [-0.15, -0.1) is 0 Å². The smallest absolute Gasteiger partial charge is 0.321 e. The van der Waals surface area contributed by atoms with E-state index in [4.69, 9.17) is 0 Å². The Morgan fingerprint density at radius 3 is 2.67 bits per heavy atom. The summed E-state index contributed by atoms with van der Waals surface area (Å²) in [5.74, 6) is -0.208. The van der Waals surface area contributed by atoms with Gasteiger partial charge < -0.3 is 10.6 Å². The number of urea groups is 1. The lowest BCUT2D eigenvalue weighted by atomic mass is 10.2. The van der Waals surface area contributed by atoms with E-state index in [2.05, 4.69) is 15.6 Å². The Morgan fingerprint density at radius 2 is 2.05 bits per heavy atom. The number of nitrogens with zero attached hydrogens (tertiary/aromatic N) is 2. The number of rotatable bonds is 3. The van der Waals surface area contributed by atoms with Crippen molar-refractivity contribution in [1.82, 2.24) is 10.3 Å². The predicted octanol–water partition coefficient (Wildman–Crippen LogP) is 1.86. The molecule has 0 unspecified atom stereocenters. The van der Waals surface area contributed by atoms with Crippen molar-refractivity contribution in [2.45, 2.75) is 0 Å². The number of carbonyl (C=O) groups excluding carboxylic acids is 2. The summed E-state index contributed by atoms with van der Waals surface area (Å²) in [5.41, 5.74) is 1.95. The van der Waals surface area contributed by atoms with Crippen molar-refractivity contribution in [2.24, 2.45) is 0 Å². The molecule has 2 N–H and O–H groups in total. The Kier molecular flexibility index (Phi) is 3.51. The van der Waals surface area contributed by atoms with Crippen LogP contribution in [-0.2, 0) is 0 Å². The van der Waals surface area contributed by atoms with Crippen LogP contribution in [-0.4, -0.2) is 30.0 Å². The molecule has 1 aliphatic heterocycles. The largest absolute Gasteiger partial charge is 0.336 e. The molecule has 1 fully saturated rings. The molecule has 2 aromatic rings. The van der Waals surface area contributed by atoms with Crippen LogP contribution in [0.25, 0.3) is 0 Å². The molecule has 3 rings (SSSR count). The van der Waals surface area contributed by atoms with Gasteiger partial charge in [-0.2, -0.15) is 0 Å². The van der Waals surface area contributed by atoms with Crippen LogP contribution in [0, 0.1) is 0 Å². The highest BCUT2D eigenvalue weighted by Crippen LogP contribution is 2.18. The van der Waals surface area contributed by atoms with Crippen molar-refractivity contribution in [3.8, 4) is 0 Å². The second kappa shape index (κ2) is 5.62. The molecule has 0 spiro atoms. The van der Waals surface area contributed by atoms with Crippen molar-refractivity contribution < 1.29 is 9.59 Å². The molecule has 0 aliphatic carbocycles. The zero-order chi connectivity index (χ0) is 14.7. The maximum atomic E-state index is 12.1. The third-order valence-electron chi connectivity index (χ3n) is 3.22. The van der Waals surface area contributed by atoms with E-state index in [0.29, 0.717) is 24.3 Å². The highest BCUT2D eigenvalue weighted by molar-refractivity contribution is 6.04. The van der Waals surface area contributed by atoms with E-state index >= 15 is 0 Å².